The van der Waals surface area contributed by atoms with Crippen LogP contribution in [0.1, 0.15) is 0 Å². The standard InChI is InChI=1S/C11H17NO4S2/c1-12(6-7-17)18(13,14)9-4-5-10(15-2)11(8-9)16-3/h4-5,8,17H,6-7H2,1-3H3. The van der Waals surface area contributed by atoms with Gasteiger partial charge in [-0.05, 0) is 12.1 Å². The fraction of sp³-hybridized carbons (Fsp3) is 0.455. The van der Waals surface area contributed by atoms with Crippen LogP contribution in [0.4, 0.5) is 0 Å². The molecule has 0 spiro atoms. The highest BCUT2D eigenvalue weighted by atomic mass is 32.2. The van der Waals surface area contributed by atoms with Gasteiger partial charge in [0.25, 0.3) is 0 Å². The van der Waals surface area contributed by atoms with E-state index in [0.717, 1.165) is 0 Å². The lowest BCUT2D eigenvalue weighted by Crippen LogP contribution is -2.28. The Labute approximate surface area is 113 Å². The average molecular weight is 291 g/mol. The van der Waals surface area contributed by atoms with E-state index in [1.54, 1.807) is 6.07 Å². The first-order chi connectivity index (χ1) is 8.47. The summed E-state index contributed by atoms with van der Waals surface area (Å²) in [5, 5.41) is 0. The van der Waals surface area contributed by atoms with Gasteiger partial charge >= 0.3 is 0 Å². The van der Waals surface area contributed by atoms with E-state index in [0.29, 0.717) is 23.8 Å². The Hall–Kier alpha value is -0.920. The quantitative estimate of drug-likeness (QED) is 0.802. The largest absolute Gasteiger partial charge is 0.493 e. The van der Waals surface area contributed by atoms with Crippen LogP contribution in [0.25, 0.3) is 0 Å². The maximum Gasteiger partial charge on any atom is 0.242 e. The summed E-state index contributed by atoms with van der Waals surface area (Å²) in [6.07, 6.45) is 0. The third-order valence-corrected chi connectivity index (χ3v) is 4.53. The molecule has 0 saturated carbocycles. The van der Waals surface area contributed by atoms with Gasteiger partial charge in [-0.2, -0.15) is 12.6 Å². The minimum Gasteiger partial charge on any atom is -0.493 e. The summed E-state index contributed by atoms with van der Waals surface area (Å²) >= 11 is 4.02. The SMILES string of the molecule is COc1ccc(S(=O)(=O)N(C)CCS)cc1OC. The molecule has 0 heterocycles. The van der Waals surface area contributed by atoms with Crippen molar-refractivity contribution in [2.45, 2.75) is 4.90 Å². The van der Waals surface area contributed by atoms with Gasteiger partial charge in [0.1, 0.15) is 0 Å². The van der Waals surface area contributed by atoms with E-state index in [9.17, 15) is 8.42 Å². The van der Waals surface area contributed by atoms with E-state index in [1.807, 2.05) is 0 Å². The molecule has 0 atom stereocenters. The number of thiol groups is 1. The number of nitrogens with zero attached hydrogens (tertiary/aromatic N) is 1. The first-order valence-electron chi connectivity index (χ1n) is 5.26. The molecule has 0 fully saturated rings. The average Bonchev–Trinajstić information content (AvgIpc) is 2.38. The Morgan fingerprint density at radius 2 is 1.83 bits per heavy atom. The second-order valence-electron chi connectivity index (χ2n) is 3.57. The number of benzene rings is 1. The zero-order valence-electron chi connectivity index (χ0n) is 10.6. The molecular weight excluding hydrogens is 274 g/mol. The molecular formula is C11H17NO4S2. The Morgan fingerprint density at radius 1 is 1.22 bits per heavy atom. The van der Waals surface area contributed by atoms with Gasteiger partial charge < -0.3 is 9.47 Å². The van der Waals surface area contributed by atoms with Crippen LogP contribution in [-0.4, -0.2) is 46.3 Å². The van der Waals surface area contributed by atoms with Crippen molar-refractivity contribution in [3.05, 3.63) is 18.2 Å². The Kier molecular flexibility index (Phi) is 5.30. The topological polar surface area (TPSA) is 55.8 Å². The molecule has 18 heavy (non-hydrogen) atoms. The number of rotatable bonds is 6. The van der Waals surface area contributed by atoms with Gasteiger partial charge in [-0.1, -0.05) is 0 Å². The predicted octanol–water partition coefficient (Wildman–Crippen LogP) is 1.25. The molecule has 0 saturated heterocycles. The number of hydrogen-bond acceptors (Lipinski definition) is 5. The van der Waals surface area contributed by atoms with Gasteiger partial charge in [0.05, 0.1) is 19.1 Å². The van der Waals surface area contributed by atoms with Crippen molar-refractivity contribution in [2.24, 2.45) is 0 Å². The molecule has 0 aliphatic heterocycles. The molecule has 5 nitrogen and oxygen atoms in total. The van der Waals surface area contributed by atoms with Crippen LogP contribution >= 0.6 is 12.6 Å². The summed E-state index contributed by atoms with van der Waals surface area (Å²) in [4.78, 5) is 0.171. The highest BCUT2D eigenvalue weighted by Crippen LogP contribution is 2.30. The Balaban J connectivity index is 3.17. The lowest BCUT2D eigenvalue weighted by atomic mass is 10.3. The fourth-order valence-electron chi connectivity index (χ4n) is 1.42. The van der Waals surface area contributed by atoms with E-state index in [2.05, 4.69) is 12.6 Å². The van der Waals surface area contributed by atoms with Crippen molar-refractivity contribution < 1.29 is 17.9 Å². The van der Waals surface area contributed by atoms with Crippen LogP contribution in [0.2, 0.25) is 0 Å². The molecule has 1 aromatic rings. The summed E-state index contributed by atoms with van der Waals surface area (Å²) in [5.74, 6) is 1.34. The number of sulfonamides is 1. The van der Waals surface area contributed by atoms with E-state index in [-0.39, 0.29) is 4.90 Å². The summed E-state index contributed by atoms with van der Waals surface area (Å²) < 4.78 is 35.8. The molecule has 0 radical (unpaired) electrons. The minimum atomic E-state index is -3.51. The summed E-state index contributed by atoms with van der Waals surface area (Å²) in [6.45, 7) is 0.347. The highest BCUT2D eigenvalue weighted by molar-refractivity contribution is 7.89. The van der Waals surface area contributed by atoms with Crippen LogP contribution in [-0.2, 0) is 10.0 Å². The molecule has 0 aromatic heterocycles. The number of hydrogen-bond donors (Lipinski definition) is 1. The Morgan fingerprint density at radius 3 is 2.33 bits per heavy atom. The van der Waals surface area contributed by atoms with Gasteiger partial charge in [0.2, 0.25) is 10.0 Å². The van der Waals surface area contributed by atoms with Crippen molar-refractivity contribution in [2.75, 3.05) is 33.6 Å². The minimum absolute atomic E-state index is 0.171. The molecule has 0 amide bonds. The molecule has 0 aliphatic rings. The third kappa shape index (κ3) is 3.09. The molecule has 0 N–H and O–H groups in total. The van der Waals surface area contributed by atoms with Crippen LogP contribution in [0.15, 0.2) is 23.1 Å². The second kappa shape index (κ2) is 6.31. The lowest BCUT2D eigenvalue weighted by molar-refractivity contribution is 0.353. The summed E-state index contributed by atoms with van der Waals surface area (Å²) in [6, 6.07) is 4.51. The zero-order chi connectivity index (χ0) is 13.8. The van der Waals surface area contributed by atoms with Crippen LogP contribution < -0.4 is 9.47 Å². The molecule has 7 heteroatoms. The van der Waals surface area contributed by atoms with E-state index in [1.165, 1.54) is 37.7 Å². The lowest BCUT2D eigenvalue weighted by Gasteiger charge is -2.17. The molecule has 0 bridgehead atoms. The number of methoxy groups -OCH3 is 2. The molecule has 1 rings (SSSR count). The normalized spacial score (nSPS) is 11.6. The van der Waals surface area contributed by atoms with Gasteiger partial charge in [0.15, 0.2) is 11.5 Å². The maximum atomic E-state index is 12.2. The van der Waals surface area contributed by atoms with Crippen LogP contribution in [0.5, 0.6) is 11.5 Å². The highest BCUT2D eigenvalue weighted by Gasteiger charge is 2.21. The van der Waals surface area contributed by atoms with Gasteiger partial charge in [-0.3, -0.25) is 0 Å². The van der Waals surface area contributed by atoms with E-state index in [4.69, 9.17) is 9.47 Å². The second-order valence-corrected chi connectivity index (χ2v) is 6.06. The van der Waals surface area contributed by atoms with Gasteiger partial charge in [0, 0.05) is 25.4 Å². The van der Waals surface area contributed by atoms with Crippen LogP contribution in [0.3, 0.4) is 0 Å². The summed E-state index contributed by atoms with van der Waals surface area (Å²) in [5.41, 5.74) is 0. The number of ether oxygens (including phenoxy) is 2. The first-order valence-corrected chi connectivity index (χ1v) is 7.33. The van der Waals surface area contributed by atoms with Crippen molar-refractivity contribution in [3.63, 3.8) is 0 Å². The molecule has 0 unspecified atom stereocenters. The maximum absolute atomic E-state index is 12.2. The van der Waals surface area contributed by atoms with Crippen molar-refractivity contribution >= 4 is 22.7 Å². The van der Waals surface area contributed by atoms with E-state index >= 15 is 0 Å². The molecule has 0 aliphatic carbocycles. The monoisotopic (exact) mass is 291 g/mol. The van der Waals surface area contributed by atoms with Crippen molar-refractivity contribution in [1.29, 1.82) is 0 Å². The first kappa shape index (κ1) is 15.1. The summed E-state index contributed by atoms with van der Waals surface area (Å²) in [7, 11) is 0.969. The van der Waals surface area contributed by atoms with E-state index < -0.39 is 10.0 Å². The van der Waals surface area contributed by atoms with Crippen molar-refractivity contribution in [1.82, 2.24) is 4.31 Å². The van der Waals surface area contributed by atoms with Gasteiger partial charge in [-0.25, -0.2) is 12.7 Å². The van der Waals surface area contributed by atoms with Crippen molar-refractivity contribution in [3.8, 4) is 11.5 Å². The molecule has 102 valence electrons. The predicted molar refractivity (Wildman–Crippen MR) is 73.2 cm³/mol. The smallest absolute Gasteiger partial charge is 0.242 e. The Bertz CT molecular complexity index is 502. The molecule has 1 aromatic carbocycles. The van der Waals surface area contributed by atoms with Crippen LogP contribution in [0, 0.1) is 0 Å². The third-order valence-electron chi connectivity index (χ3n) is 2.48. The zero-order valence-corrected chi connectivity index (χ0v) is 12.3. The fourth-order valence-corrected chi connectivity index (χ4v) is 3.04. The van der Waals surface area contributed by atoms with Gasteiger partial charge in [-0.15, -0.1) is 0 Å².